The number of unbranched alkanes of at least 4 members (excludes halogenated alkanes) is 6. The summed E-state index contributed by atoms with van der Waals surface area (Å²) in [6.07, 6.45) is 14.4. The van der Waals surface area contributed by atoms with Crippen LogP contribution in [0.15, 0.2) is 48.5 Å². The van der Waals surface area contributed by atoms with Crippen molar-refractivity contribution in [3.63, 3.8) is 0 Å². The predicted octanol–water partition coefficient (Wildman–Crippen LogP) is 11.8. The Morgan fingerprint density at radius 1 is 0.585 bits per heavy atom. The van der Waals surface area contributed by atoms with Crippen molar-refractivity contribution in [3.05, 3.63) is 77.4 Å². The molecular formula is C36H44F4O. The molecule has 1 nitrogen and oxygen atoms in total. The summed E-state index contributed by atoms with van der Waals surface area (Å²) in [5, 5.41) is 0. The minimum absolute atomic E-state index is 0.0498. The smallest absolute Gasteiger partial charge is 0.201 e. The van der Waals surface area contributed by atoms with Crippen LogP contribution in [-0.2, 0) is 0 Å². The fraction of sp³-hybridized carbons (Fsp3) is 0.500. The first-order valence-corrected chi connectivity index (χ1v) is 15.6. The molecule has 0 N–H and O–H groups in total. The molecule has 1 fully saturated rings. The first-order chi connectivity index (χ1) is 19.9. The Hall–Kier alpha value is -2.82. The Bertz CT molecular complexity index is 1250. The number of ether oxygens (including phenoxy) is 1. The van der Waals surface area contributed by atoms with Gasteiger partial charge < -0.3 is 4.74 Å². The normalized spacial score (nSPS) is 17.1. The van der Waals surface area contributed by atoms with E-state index < -0.39 is 23.3 Å². The van der Waals surface area contributed by atoms with Crippen molar-refractivity contribution in [2.45, 2.75) is 103 Å². The maximum absolute atomic E-state index is 15.3. The Morgan fingerprint density at radius 3 is 1.78 bits per heavy atom. The van der Waals surface area contributed by atoms with Gasteiger partial charge >= 0.3 is 0 Å². The van der Waals surface area contributed by atoms with Crippen molar-refractivity contribution in [2.24, 2.45) is 5.92 Å². The van der Waals surface area contributed by atoms with E-state index in [1.807, 2.05) is 0 Å². The van der Waals surface area contributed by atoms with Gasteiger partial charge in [0.2, 0.25) is 5.82 Å². The van der Waals surface area contributed by atoms with Gasteiger partial charge in [-0.3, -0.25) is 0 Å². The van der Waals surface area contributed by atoms with Gasteiger partial charge in [0.1, 0.15) is 0 Å². The molecule has 3 aromatic carbocycles. The fourth-order valence-corrected chi connectivity index (χ4v) is 6.13. The molecule has 0 radical (unpaired) electrons. The first kappa shape index (κ1) is 31.1. The minimum Gasteiger partial charge on any atom is -0.490 e. The number of halogens is 4. The summed E-state index contributed by atoms with van der Waals surface area (Å²) < 4.78 is 65.4. The molecule has 0 spiro atoms. The zero-order chi connectivity index (χ0) is 29.2. The summed E-state index contributed by atoms with van der Waals surface area (Å²) in [5.41, 5.74) is 1.66. The molecule has 0 aliphatic heterocycles. The minimum atomic E-state index is -1.02. The highest BCUT2D eigenvalue weighted by Gasteiger charge is 2.26. The molecule has 0 bridgehead atoms. The summed E-state index contributed by atoms with van der Waals surface area (Å²) in [4.78, 5) is 0. The zero-order valence-electron chi connectivity index (χ0n) is 24.6. The number of hydrogen-bond donors (Lipinski definition) is 0. The summed E-state index contributed by atoms with van der Waals surface area (Å²) in [6.45, 7) is 4.62. The van der Waals surface area contributed by atoms with Crippen LogP contribution < -0.4 is 4.74 Å². The number of rotatable bonds is 14. The topological polar surface area (TPSA) is 9.23 Å². The monoisotopic (exact) mass is 568 g/mol. The van der Waals surface area contributed by atoms with Crippen LogP contribution in [-0.4, -0.2) is 6.61 Å². The molecule has 5 heteroatoms. The summed E-state index contributed by atoms with van der Waals surface area (Å²) in [5.74, 6) is -2.98. The molecule has 41 heavy (non-hydrogen) atoms. The van der Waals surface area contributed by atoms with Gasteiger partial charge in [-0.15, -0.1) is 0 Å². The van der Waals surface area contributed by atoms with Crippen molar-refractivity contribution in [1.82, 2.24) is 0 Å². The second-order valence-corrected chi connectivity index (χ2v) is 11.6. The van der Waals surface area contributed by atoms with Gasteiger partial charge in [0.15, 0.2) is 23.2 Å². The lowest BCUT2D eigenvalue weighted by Gasteiger charge is -2.29. The molecule has 0 atom stereocenters. The van der Waals surface area contributed by atoms with Crippen LogP contribution in [0, 0.1) is 29.2 Å². The van der Waals surface area contributed by atoms with Crippen LogP contribution in [0.4, 0.5) is 17.6 Å². The average Bonchev–Trinajstić information content (AvgIpc) is 2.99. The highest BCUT2D eigenvalue weighted by atomic mass is 19.2. The van der Waals surface area contributed by atoms with Crippen molar-refractivity contribution in [1.29, 1.82) is 0 Å². The van der Waals surface area contributed by atoms with E-state index in [-0.39, 0.29) is 22.8 Å². The maximum atomic E-state index is 15.3. The van der Waals surface area contributed by atoms with Crippen LogP contribution in [0.2, 0.25) is 0 Å². The molecular weight excluding hydrogens is 524 g/mol. The van der Waals surface area contributed by atoms with E-state index in [4.69, 9.17) is 4.74 Å². The summed E-state index contributed by atoms with van der Waals surface area (Å²) in [7, 11) is 0. The van der Waals surface area contributed by atoms with Crippen molar-refractivity contribution in [3.8, 4) is 28.0 Å². The van der Waals surface area contributed by atoms with Gasteiger partial charge in [-0.2, -0.15) is 4.39 Å². The lowest BCUT2D eigenvalue weighted by molar-refractivity contribution is 0.286. The van der Waals surface area contributed by atoms with E-state index in [2.05, 4.69) is 13.8 Å². The lowest BCUT2D eigenvalue weighted by Crippen LogP contribution is -2.15. The molecule has 0 heterocycles. The molecule has 1 aliphatic carbocycles. The highest BCUT2D eigenvalue weighted by Crippen LogP contribution is 2.40. The summed E-state index contributed by atoms with van der Waals surface area (Å²) in [6, 6.07) is 12.7. The lowest BCUT2D eigenvalue weighted by atomic mass is 9.76. The zero-order valence-corrected chi connectivity index (χ0v) is 24.6. The van der Waals surface area contributed by atoms with Gasteiger partial charge in [0, 0.05) is 11.1 Å². The molecule has 0 saturated heterocycles. The third-order valence-corrected chi connectivity index (χ3v) is 8.67. The van der Waals surface area contributed by atoms with Gasteiger partial charge in [-0.05, 0) is 72.8 Å². The van der Waals surface area contributed by atoms with E-state index >= 15 is 8.78 Å². The van der Waals surface area contributed by atoms with E-state index in [1.54, 1.807) is 36.4 Å². The number of hydrogen-bond acceptors (Lipinski definition) is 1. The standard InChI is InChI=1S/C36H44F4O/c1-3-5-7-8-9-11-25-12-14-26(15-13-25)29-20-21-30(34(38)33(29)37)27-16-18-28(19-17-27)31-22-23-32(36(40)35(31)39)41-24-10-6-4-2/h16-23,25-26H,3-15,24H2,1-2H3. The van der Waals surface area contributed by atoms with Gasteiger partial charge in [0.25, 0.3) is 0 Å². The average molecular weight is 569 g/mol. The Labute approximate surface area is 243 Å². The molecule has 222 valence electrons. The van der Waals surface area contributed by atoms with Gasteiger partial charge in [-0.1, -0.05) is 102 Å². The van der Waals surface area contributed by atoms with E-state index in [0.29, 0.717) is 29.2 Å². The van der Waals surface area contributed by atoms with Crippen molar-refractivity contribution < 1.29 is 22.3 Å². The molecule has 4 rings (SSSR count). The number of benzene rings is 3. The first-order valence-electron chi connectivity index (χ1n) is 15.6. The van der Waals surface area contributed by atoms with E-state index in [0.717, 1.165) is 44.9 Å². The third-order valence-electron chi connectivity index (χ3n) is 8.67. The molecule has 0 amide bonds. The van der Waals surface area contributed by atoms with Gasteiger partial charge in [0.05, 0.1) is 6.61 Å². The van der Waals surface area contributed by atoms with Crippen LogP contribution in [0.25, 0.3) is 22.3 Å². The van der Waals surface area contributed by atoms with Gasteiger partial charge in [-0.25, -0.2) is 13.2 Å². The highest BCUT2D eigenvalue weighted by molar-refractivity contribution is 5.72. The quantitative estimate of drug-likeness (QED) is 0.139. The van der Waals surface area contributed by atoms with E-state index in [9.17, 15) is 8.78 Å². The molecule has 1 saturated carbocycles. The Kier molecular flexibility index (Phi) is 11.7. The van der Waals surface area contributed by atoms with Crippen LogP contribution in [0.5, 0.6) is 5.75 Å². The van der Waals surface area contributed by atoms with E-state index in [1.165, 1.54) is 50.7 Å². The molecule has 3 aromatic rings. The Balaban J connectivity index is 1.40. The SMILES string of the molecule is CCCCCCCC1CCC(c2ccc(-c3ccc(-c4ccc(OCCCCC)c(F)c4F)cc3)c(F)c2F)CC1. The molecule has 0 unspecified atom stereocenters. The predicted molar refractivity (Wildman–Crippen MR) is 160 cm³/mol. The second-order valence-electron chi connectivity index (χ2n) is 11.6. The fourth-order valence-electron chi connectivity index (χ4n) is 6.13. The van der Waals surface area contributed by atoms with Crippen molar-refractivity contribution >= 4 is 0 Å². The molecule has 1 aliphatic rings. The Morgan fingerprint density at radius 2 is 1.15 bits per heavy atom. The summed E-state index contributed by atoms with van der Waals surface area (Å²) >= 11 is 0. The van der Waals surface area contributed by atoms with Crippen LogP contribution >= 0.6 is 0 Å². The largest absolute Gasteiger partial charge is 0.490 e. The third kappa shape index (κ3) is 7.93. The van der Waals surface area contributed by atoms with Crippen molar-refractivity contribution in [2.75, 3.05) is 6.61 Å². The second kappa shape index (κ2) is 15.4. The maximum Gasteiger partial charge on any atom is 0.201 e. The molecule has 0 aromatic heterocycles. The van der Waals surface area contributed by atoms with Crippen LogP contribution in [0.1, 0.15) is 109 Å². The van der Waals surface area contributed by atoms with Crippen LogP contribution in [0.3, 0.4) is 0 Å².